The van der Waals surface area contributed by atoms with Gasteiger partial charge < -0.3 is 26.0 Å². The van der Waals surface area contributed by atoms with Gasteiger partial charge in [-0.2, -0.15) is 0 Å². The number of phenols is 2. The van der Waals surface area contributed by atoms with Crippen LogP contribution in [0.15, 0.2) is 18.2 Å². The van der Waals surface area contributed by atoms with Crippen LogP contribution in [0.25, 0.3) is 0 Å². The molecule has 1 aliphatic rings. The van der Waals surface area contributed by atoms with Crippen LogP contribution < -0.4 is 10.6 Å². The number of carbonyl (C=O) groups excluding carboxylic acids is 1. The third-order valence-corrected chi connectivity index (χ3v) is 3.04. The van der Waals surface area contributed by atoms with Crippen LogP contribution >= 0.6 is 0 Å². The molecule has 1 atom stereocenters. The molecule has 5 N–H and O–H groups in total. The summed E-state index contributed by atoms with van der Waals surface area (Å²) in [5.74, 6) is -1.01. The first-order valence-corrected chi connectivity index (χ1v) is 5.73. The number of β-amino-alcohol motifs (C(OH)–C–C–N with tert-alkyl or cyclic N) is 1. The van der Waals surface area contributed by atoms with Crippen LogP contribution in [-0.4, -0.2) is 46.5 Å². The molecule has 0 bridgehead atoms. The van der Waals surface area contributed by atoms with Crippen LogP contribution in [0, 0.1) is 0 Å². The summed E-state index contributed by atoms with van der Waals surface area (Å²) in [7, 11) is 0. The van der Waals surface area contributed by atoms with Crippen molar-refractivity contribution >= 4 is 5.91 Å². The second kappa shape index (κ2) is 4.83. The Balaban J connectivity index is 1.97. The summed E-state index contributed by atoms with van der Waals surface area (Å²) in [5, 5.41) is 34.1. The van der Waals surface area contributed by atoms with Gasteiger partial charge in [-0.3, -0.25) is 4.79 Å². The number of aliphatic hydroxyl groups is 1. The lowest BCUT2D eigenvalue weighted by Crippen LogP contribution is -2.44. The number of rotatable bonds is 3. The highest BCUT2D eigenvalue weighted by Crippen LogP contribution is 2.24. The minimum absolute atomic E-state index is 0.153. The fourth-order valence-corrected chi connectivity index (χ4v) is 1.89. The molecule has 1 aromatic carbocycles. The van der Waals surface area contributed by atoms with Crippen LogP contribution in [0.2, 0.25) is 0 Å². The Hall–Kier alpha value is -1.79. The molecule has 98 valence electrons. The molecule has 6 heteroatoms. The zero-order valence-corrected chi connectivity index (χ0v) is 9.81. The van der Waals surface area contributed by atoms with Crippen LogP contribution in [0.1, 0.15) is 16.8 Å². The lowest BCUT2D eigenvalue weighted by Gasteiger charge is -2.21. The zero-order valence-electron chi connectivity index (χ0n) is 9.81. The Morgan fingerprint density at radius 1 is 1.39 bits per heavy atom. The van der Waals surface area contributed by atoms with Gasteiger partial charge in [0, 0.05) is 18.7 Å². The highest BCUT2D eigenvalue weighted by atomic mass is 16.3. The minimum Gasteiger partial charge on any atom is -0.504 e. The lowest BCUT2D eigenvalue weighted by atomic mass is 10.0. The molecule has 1 heterocycles. The topological polar surface area (TPSA) is 102 Å². The normalized spacial score (nSPS) is 22.9. The van der Waals surface area contributed by atoms with Crippen LogP contribution in [0.5, 0.6) is 11.5 Å². The third-order valence-electron chi connectivity index (χ3n) is 3.04. The van der Waals surface area contributed by atoms with Gasteiger partial charge in [-0.15, -0.1) is 0 Å². The van der Waals surface area contributed by atoms with E-state index in [1.54, 1.807) is 0 Å². The number of amides is 1. The molecule has 18 heavy (non-hydrogen) atoms. The summed E-state index contributed by atoms with van der Waals surface area (Å²) in [6.45, 7) is 1.33. The molecule has 0 spiro atoms. The molecule has 6 nitrogen and oxygen atoms in total. The highest BCUT2D eigenvalue weighted by Gasteiger charge is 2.31. The smallest absolute Gasteiger partial charge is 0.251 e. The number of hydrogen-bond donors (Lipinski definition) is 5. The van der Waals surface area contributed by atoms with Gasteiger partial charge in [-0.05, 0) is 31.2 Å². The average Bonchev–Trinajstić information content (AvgIpc) is 2.77. The van der Waals surface area contributed by atoms with Gasteiger partial charge in [-0.25, -0.2) is 0 Å². The van der Waals surface area contributed by atoms with Gasteiger partial charge in [0.15, 0.2) is 11.5 Å². The highest BCUT2D eigenvalue weighted by molar-refractivity contribution is 5.94. The molecule has 1 unspecified atom stereocenters. The van der Waals surface area contributed by atoms with Crippen LogP contribution in [-0.2, 0) is 0 Å². The first kappa shape index (κ1) is 12.7. The van der Waals surface area contributed by atoms with Crippen molar-refractivity contribution in [2.45, 2.75) is 12.0 Å². The first-order valence-electron chi connectivity index (χ1n) is 5.73. The number of hydrogen-bond acceptors (Lipinski definition) is 5. The standard InChI is InChI=1S/C12H16N2O4/c15-9-2-1-8(5-10(9)16)11(17)14-7-12(18)3-4-13-6-12/h1-2,5,13,15-16,18H,3-4,6-7H2,(H,14,17). The van der Waals surface area contributed by atoms with Gasteiger partial charge in [0.25, 0.3) is 5.91 Å². The fourth-order valence-electron chi connectivity index (χ4n) is 1.89. The van der Waals surface area contributed by atoms with Crippen LogP contribution in [0.3, 0.4) is 0 Å². The van der Waals surface area contributed by atoms with E-state index in [1.165, 1.54) is 18.2 Å². The van der Waals surface area contributed by atoms with E-state index in [1.807, 2.05) is 0 Å². The summed E-state index contributed by atoms with van der Waals surface area (Å²) in [6, 6.07) is 3.83. The third kappa shape index (κ3) is 2.72. The number of aromatic hydroxyl groups is 2. The van der Waals surface area contributed by atoms with Crippen molar-refractivity contribution in [3.8, 4) is 11.5 Å². The van der Waals surface area contributed by atoms with Gasteiger partial charge in [-0.1, -0.05) is 0 Å². The van der Waals surface area contributed by atoms with E-state index in [0.717, 1.165) is 6.54 Å². The fraction of sp³-hybridized carbons (Fsp3) is 0.417. The molecule has 0 radical (unpaired) electrons. The van der Waals surface area contributed by atoms with E-state index in [9.17, 15) is 15.0 Å². The van der Waals surface area contributed by atoms with E-state index in [0.29, 0.717) is 13.0 Å². The molecule has 0 saturated carbocycles. The van der Waals surface area contributed by atoms with Crippen molar-refractivity contribution in [1.29, 1.82) is 0 Å². The summed E-state index contributed by atoms with van der Waals surface area (Å²) in [6.07, 6.45) is 0.591. The predicted octanol–water partition coefficient (Wildman–Crippen LogP) is -0.448. The predicted molar refractivity (Wildman–Crippen MR) is 64.5 cm³/mol. The van der Waals surface area contributed by atoms with Gasteiger partial charge >= 0.3 is 0 Å². The number of nitrogens with one attached hydrogen (secondary N) is 2. The minimum atomic E-state index is -0.908. The average molecular weight is 252 g/mol. The Morgan fingerprint density at radius 3 is 2.78 bits per heavy atom. The Kier molecular flexibility index (Phi) is 3.40. The maximum Gasteiger partial charge on any atom is 0.251 e. The quantitative estimate of drug-likeness (QED) is 0.469. The van der Waals surface area contributed by atoms with E-state index >= 15 is 0 Å². The molecule has 1 amide bonds. The zero-order chi connectivity index (χ0) is 13.2. The molecule has 2 rings (SSSR count). The monoisotopic (exact) mass is 252 g/mol. The van der Waals surface area contributed by atoms with Crippen molar-refractivity contribution in [3.05, 3.63) is 23.8 Å². The van der Waals surface area contributed by atoms with Gasteiger partial charge in [0.2, 0.25) is 0 Å². The molecule has 1 saturated heterocycles. The molecule has 0 aromatic heterocycles. The summed E-state index contributed by atoms with van der Waals surface area (Å²) in [4.78, 5) is 11.8. The Morgan fingerprint density at radius 2 is 2.17 bits per heavy atom. The van der Waals surface area contributed by atoms with Crippen molar-refractivity contribution in [2.24, 2.45) is 0 Å². The van der Waals surface area contributed by atoms with Crippen molar-refractivity contribution in [1.82, 2.24) is 10.6 Å². The molecule has 1 fully saturated rings. The number of benzene rings is 1. The van der Waals surface area contributed by atoms with Crippen molar-refractivity contribution in [2.75, 3.05) is 19.6 Å². The van der Waals surface area contributed by atoms with Gasteiger partial charge in [0.05, 0.1) is 5.60 Å². The van der Waals surface area contributed by atoms with E-state index in [4.69, 9.17) is 5.11 Å². The Bertz CT molecular complexity index is 455. The second-order valence-electron chi connectivity index (χ2n) is 4.54. The number of phenolic OH excluding ortho intramolecular Hbond substituents is 2. The molecule has 1 aliphatic heterocycles. The molecule has 0 aliphatic carbocycles. The maximum atomic E-state index is 11.8. The largest absolute Gasteiger partial charge is 0.504 e. The SMILES string of the molecule is O=C(NCC1(O)CCNC1)c1ccc(O)c(O)c1. The first-order chi connectivity index (χ1) is 8.50. The van der Waals surface area contributed by atoms with E-state index < -0.39 is 11.5 Å². The molecular formula is C12H16N2O4. The maximum absolute atomic E-state index is 11.8. The summed E-state index contributed by atoms with van der Waals surface area (Å²) in [5.41, 5.74) is -0.672. The molecular weight excluding hydrogens is 236 g/mol. The van der Waals surface area contributed by atoms with Crippen molar-refractivity contribution in [3.63, 3.8) is 0 Å². The van der Waals surface area contributed by atoms with Gasteiger partial charge in [0.1, 0.15) is 0 Å². The molecule has 1 aromatic rings. The van der Waals surface area contributed by atoms with Crippen LogP contribution in [0.4, 0.5) is 0 Å². The Labute approximate surface area is 104 Å². The number of carbonyl (C=O) groups is 1. The van der Waals surface area contributed by atoms with E-state index in [-0.39, 0.29) is 23.6 Å². The lowest BCUT2D eigenvalue weighted by molar-refractivity contribution is 0.0562. The van der Waals surface area contributed by atoms with Crippen molar-refractivity contribution < 1.29 is 20.1 Å². The van der Waals surface area contributed by atoms with E-state index in [2.05, 4.69) is 10.6 Å². The summed E-state index contributed by atoms with van der Waals surface area (Å²) < 4.78 is 0. The second-order valence-corrected chi connectivity index (χ2v) is 4.54. The summed E-state index contributed by atoms with van der Waals surface area (Å²) >= 11 is 0.